The molecule has 1 fully saturated rings. The van der Waals surface area contributed by atoms with Crippen LogP contribution in [0.5, 0.6) is 0 Å². The number of nitrogens with zero attached hydrogens (tertiary/aromatic N) is 3. The van der Waals surface area contributed by atoms with Crippen molar-refractivity contribution >= 4 is 5.82 Å². The average Bonchev–Trinajstić information content (AvgIpc) is 2.77. The molecule has 1 aromatic heterocycles. The second kappa shape index (κ2) is 5.12. The number of rotatable bonds is 4. The Morgan fingerprint density at radius 2 is 2.19 bits per heavy atom. The van der Waals surface area contributed by atoms with Crippen LogP contribution in [0.15, 0.2) is 17.2 Å². The van der Waals surface area contributed by atoms with E-state index in [2.05, 4.69) is 15.2 Å². The zero-order chi connectivity index (χ0) is 11.4. The Balaban J connectivity index is 1.85. The molecule has 2 heterocycles. The second-order valence-corrected chi connectivity index (χ2v) is 4.17. The molecule has 16 heavy (non-hydrogen) atoms. The molecule has 0 atom stereocenters. The van der Waals surface area contributed by atoms with Gasteiger partial charge in [0.25, 0.3) is 5.56 Å². The molecule has 88 valence electrons. The van der Waals surface area contributed by atoms with Gasteiger partial charge in [0, 0.05) is 32.5 Å². The number of hydrogen-bond acceptors (Lipinski definition) is 4. The van der Waals surface area contributed by atoms with Crippen LogP contribution in [0.4, 0.5) is 5.82 Å². The highest BCUT2D eigenvalue weighted by molar-refractivity contribution is 5.30. The first kappa shape index (κ1) is 11.1. The van der Waals surface area contributed by atoms with Crippen LogP contribution in [0.1, 0.15) is 12.8 Å². The minimum absolute atomic E-state index is 0.0658. The Labute approximate surface area is 95.1 Å². The summed E-state index contributed by atoms with van der Waals surface area (Å²) in [6, 6.07) is 0. The number of anilines is 1. The highest BCUT2D eigenvalue weighted by Crippen LogP contribution is 2.05. The number of hydrogen-bond donors (Lipinski definition) is 1. The van der Waals surface area contributed by atoms with E-state index in [-0.39, 0.29) is 5.56 Å². The van der Waals surface area contributed by atoms with Gasteiger partial charge >= 0.3 is 0 Å². The molecule has 0 amide bonds. The smallest absolute Gasteiger partial charge is 0.293 e. The molecule has 5 nitrogen and oxygen atoms in total. The molecule has 2 rings (SSSR count). The minimum atomic E-state index is -0.0658. The predicted molar refractivity (Wildman–Crippen MR) is 63.6 cm³/mol. The van der Waals surface area contributed by atoms with Gasteiger partial charge < -0.3 is 14.8 Å². The molecule has 0 aliphatic carbocycles. The zero-order valence-electron chi connectivity index (χ0n) is 9.65. The van der Waals surface area contributed by atoms with E-state index in [1.807, 2.05) is 0 Å². The second-order valence-electron chi connectivity index (χ2n) is 4.17. The van der Waals surface area contributed by atoms with Gasteiger partial charge in [0.1, 0.15) is 0 Å². The summed E-state index contributed by atoms with van der Waals surface area (Å²) in [5, 5.41) is 3.09. The van der Waals surface area contributed by atoms with Gasteiger partial charge in [-0.3, -0.25) is 4.79 Å². The number of nitrogens with one attached hydrogen (secondary N) is 1. The van der Waals surface area contributed by atoms with E-state index in [1.165, 1.54) is 30.5 Å². The molecule has 0 saturated carbocycles. The molecule has 1 saturated heterocycles. The third-order valence-corrected chi connectivity index (χ3v) is 2.94. The van der Waals surface area contributed by atoms with Crippen molar-refractivity contribution < 1.29 is 0 Å². The summed E-state index contributed by atoms with van der Waals surface area (Å²) in [5.41, 5.74) is -0.0658. The van der Waals surface area contributed by atoms with Gasteiger partial charge in [-0.05, 0) is 25.9 Å². The normalized spacial score (nSPS) is 16.6. The first-order valence-electron chi connectivity index (χ1n) is 5.75. The van der Waals surface area contributed by atoms with Crippen molar-refractivity contribution in [2.24, 2.45) is 7.05 Å². The van der Waals surface area contributed by atoms with Gasteiger partial charge in [0.2, 0.25) is 0 Å². The van der Waals surface area contributed by atoms with Crippen molar-refractivity contribution in [3.8, 4) is 0 Å². The summed E-state index contributed by atoms with van der Waals surface area (Å²) >= 11 is 0. The third-order valence-electron chi connectivity index (χ3n) is 2.94. The monoisotopic (exact) mass is 222 g/mol. The Kier molecular flexibility index (Phi) is 3.56. The predicted octanol–water partition coefficient (Wildman–Crippen LogP) is 0.288. The SMILES string of the molecule is Cn1ccnc(NCCN2CCCC2)c1=O. The van der Waals surface area contributed by atoms with Crippen molar-refractivity contribution in [1.29, 1.82) is 0 Å². The lowest BCUT2D eigenvalue weighted by atomic mass is 10.4. The van der Waals surface area contributed by atoms with Gasteiger partial charge in [0.05, 0.1) is 0 Å². The largest absolute Gasteiger partial charge is 0.364 e. The number of aromatic nitrogens is 2. The van der Waals surface area contributed by atoms with Gasteiger partial charge in [-0.25, -0.2) is 4.98 Å². The van der Waals surface area contributed by atoms with Crippen LogP contribution < -0.4 is 10.9 Å². The van der Waals surface area contributed by atoms with Gasteiger partial charge in [-0.2, -0.15) is 0 Å². The molecule has 5 heteroatoms. The van der Waals surface area contributed by atoms with E-state index in [9.17, 15) is 4.79 Å². The van der Waals surface area contributed by atoms with Gasteiger partial charge in [-0.1, -0.05) is 0 Å². The first-order valence-corrected chi connectivity index (χ1v) is 5.75. The van der Waals surface area contributed by atoms with E-state index in [1.54, 1.807) is 19.4 Å². The van der Waals surface area contributed by atoms with Crippen LogP contribution in [0.2, 0.25) is 0 Å². The van der Waals surface area contributed by atoms with E-state index in [4.69, 9.17) is 0 Å². The maximum Gasteiger partial charge on any atom is 0.293 e. The zero-order valence-corrected chi connectivity index (χ0v) is 9.65. The lowest BCUT2D eigenvalue weighted by molar-refractivity contribution is 0.352. The van der Waals surface area contributed by atoms with Crippen molar-refractivity contribution in [1.82, 2.24) is 14.5 Å². The summed E-state index contributed by atoms with van der Waals surface area (Å²) in [6.07, 6.45) is 5.89. The molecule has 1 aromatic rings. The van der Waals surface area contributed by atoms with E-state index >= 15 is 0 Å². The Morgan fingerprint density at radius 1 is 1.44 bits per heavy atom. The van der Waals surface area contributed by atoms with Gasteiger partial charge in [0.15, 0.2) is 5.82 Å². The molecular weight excluding hydrogens is 204 g/mol. The molecular formula is C11H18N4O. The Morgan fingerprint density at radius 3 is 2.94 bits per heavy atom. The highest BCUT2D eigenvalue weighted by Gasteiger charge is 2.10. The van der Waals surface area contributed by atoms with Crippen molar-refractivity contribution in [3.63, 3.8) is 0 Å². The van der Waals surface area contributed by atoms with Crippen LogP contribution >= 0.6 is 0 Å². The molecule has 1 N–H and O–H groups in total. The first-order chi connectivity index (χ1) is 7.77. The summed E-state index contributed by atoms with van der Waals surface area (Å²) in [7, 11) is 1.73. The third kappa shape index (κ3) is 2.61. The lowest BCUT2D eigenvalue weighted by Crippen LogP contribution is -2.29. The number of likely N-dealkylation sites (tertiary alicyclic amines) is 1. The Hall–Kier alpha value is -1.36. The highest BCUT2D eigenvalue weighted by atomic mass is 16.1. The quantitative estimate of drug-likeness (QED) is 0.795. The van der Waals surface area contributed by atoms with E-state index in [0.29, 0.717) is 5.82 Å². The summed E-state index contributed by atoms with van der Waals surface area (Å²) in [4.78, 5) is 18.1. The topological polar surface area (TPSA) is 50.2 Å². The van der Waals surface area contributed by atoms with Crippen LogP contribution in [0.3, 0.4) is 0 Å². The molecule has 0 spiro atoms. The minimum Gasteiger partial charge on any atom is -0.364 e. The van der Waals surface area contributed by atoms with E-state index < -0.39 is 0 Å². The average molecular weight is 222 g/mol. The molecule has 1 aliphatic rings. The van der Waals surface area contributed by atoms with Gasteiger partial charge in [-0.15, -0.1) is 0 Å². The fourth-order valence-corrected chi connectivity index (χ4v) is 1.96. The molecule has 1 aliphatic heterocycles. The lowest BCUT2D eigenvalue weighted by Gasteiger charge is -2.14. The van der Waals surface area contributed by atoms with Crippen molar-refractivity contribution in [2.45, 2.75) is 12.8 Å². The van der Waals surface area contributed by atoms with Crippen molar-refractivity contribution in [2.75, 3.05) is 31.5 Å². The molecule has 0 aromatic carbocycles. The van der Waals surface area contributed by atoms with Crippen LogP contribution in [0, 0.1) is 0 Å². The summed E-state index contributed by atoms with van der Waals surface area (Å²) in [5.74, 6) is 0.448. The van der Waals surface area contributed by atoms with E-state index in [0.717, 1.165) is 13.1 Å². The Bertz CT molecular complexity index is 395. The number of aryl methyl sites for hydroxylation is 1. The van der Waals surface area contributed by atoms with Crippen LogP contribution in [0.25, 0.3) is 0 Å². The maximum absolute atomic E-state index is 11.6. The summed E-state index contributed by atoms with van der Waals surface area (Å²) < 4.78 is 1.53. The molecule has 0 unspecified atom stereocenters. The summed E-state index contributed by atoms with van der Waals surface area (Å²) in [6.45, 7) is 4.13. The van der Waals surface area contributed by atoms with Crippen LogP contribution in [-0.2, 0) is 7.05 Å². The fourth-order valence-electron chi connectivity index (χ4n) is 1.96. The standard InChI is InChI=1S/C11H18N4O/c1-14-8-4-12-10(11(14)16)13-5-9-15-6-2-3-7-15/h4,8H,2-3,5-7,9H2,1H3,(H,12,13). The molecule has 0 radical (unpaired) electrons. The van der Waals surface area contributed by atoms with Crippen LogP contribution in [-0.4, -0.2) is 40.6 Å². The molecule has 0 bridgehead atoms. The van der Waals surface area contributed by atoms with Crippen molar-refractivity contribution in [3.05, 3.63) is 22.7 Å². The maximum atomic E-state index is 11.6. The fraction of sp³-hybridized carbons (Fsp3) is 0.636.